The first-order valence-corrected chi connectivity index (χ1v) is 10.6. The van der Waals surface area contributed by atoms with Gasteiger partial charge in [-0.05, 0) is 17.7 Å². The molecule has 1 saturated heterocycles. The number of nitrogens with zero attached hydrogens (tertiary/aromatic N) is 3. The molecule has 7 nitrogen and oxygen atoms in total. The van der Waals surface area contributed by atoms with Crippen LogP contribution in [0.2, 0.25) is 0 Å². The molecule has 4 rings (SSSR count). The maximum absolute atomic E-state index is 13.9. The van der Waals surface area contributed by atoms with Crippen LogP contribution in [0.1, 0.15) is 11.5 Å². The molecule has 3 aromatic rings. The number of urea groups is 1. The van der Waals surface area contributed by atoms with E-state index >= 15 is 0 Å². The molecule has 1 aliphatic rings. The third-order valence-electron chi connectivity index (χ3n) is 5.70. The van der Waals surface area contributed by atoms with Crippen molar-refractivity contribution in [1.82, 2.24) is 20.2 Å². The number of hydrogen-bond acceptors (Lipinski definition) is 5. The Morgan fingerprint density at radius 3 is 2.73 bits per heavy atom. The lowest BCUT2D eigenvalue weighted by atomic mass is 9.94. The van der Waals surface area contributed by atoms with Gasteiger partial charge in [-0.2, -0.15) is 0 Å². The fourth-order valence-corrected chi connectivity index (χ4v) is 4.09. The Kier molecular flexibility index (Phi) is 7.21. The molecule has 1 fully saturated rings. The molecule has 0 bridgehead atoms. The molecule has 0 spiro atoms. The molecule has 2 aromatic carbocycles. The van der Waals surface area contributed by atoms with Crippen LogP contribution in [0.15, 0.2) is 61.1 Å². The van der Waals surface area contributed by atoms with Gasteiger partial charge >= 0.3 is 6.03 Å². The largest absolute Gasteiger partial charge is 0.383 e. The molecule has 0 saturated carbocycles. The van der Waals surface area contributed by atoms with Crippen LogP contribution >= 0.6 is 0 Å². The number of ether oxygens (including phenoxy) is 1. The van der Waals surface area contributed by atoms with Crippen molar-refractivity contribution in [3.05, 3.63) is 78.3 Å². The van der Waals surface area contributed by atoms with Crippen LogP contribution in [0.5, 0.6) is 0 Å². The van der Waals surface area contributed by atoms with Gasteiger partial charge in [-0.3, -0.25) is 4.90 Å². The molecule has 2 amide bonds. The van der Waals surface area contributed by atoms with Gasteiger partial charge in [-0.1, -0.05) is 36.4 Å². The van der Waals surface area contributed by atoms with Crippen molar-refractivity contribution in [2.45, 2.75) is 12.0 Å². The van der Waals surface area contributed by atoms with Gasteiger partial charge in [0.2, 0.25) is 0 Å². The van der Waals surface area contributed by atoms with E-state index in [1.54, 1.807) is 19.4 Å². The summed E-state index contributed by atoms with van der Waals surface area (Å²) in [5.41, 5.74) is 2.56. The number of carbonyl (C=O) groups is 1. The Bertz CT molecular complexity index is 1100. The first-order valence-electron chi connectivity index (χ1n) is 10.6. The minimum atomic E-state index is -0.903. The van der Waals surface area contributed by atoms with E-state index < -0.39 is 17.7 Å². The summed E-state index contributed by atoms with van der Waals surface area (Å²) >= 11 is 0. The van der Waals surface area contributed by atoms with Crippen molar-refractivity contribution in [3.8, 4) is 11.3 Å². The zero-order valence-corrected chi connectivity index (χ0v) is 18.2. The fraction of sp³-hybridized carbons (Fsp3) is 0.292. The van der Waals surface area contributed by atoms with Crippen molar-refractivity contribution in [1.29, 1.82) is 0 Å². The smallest absolute Gasteiger partial charge is 0.319 e. The summed E-state index contributed by atoms with van der Waals surface area (Å²) in [6.07, 6.45) is 2.97. The number of anilines is 1. The highest BCUT2D eigenvalue weighted by Gasteiger charge is 2.35. The maximum atomic E-state index is 13.9. The van der Waals surface area contributed by atoms with Gasteiger partial charge < -0.3 is 15.4 Å². The van der Waals surface area contributed by atoms with E-state index in [1.165, 1.54) is 12.4 Å². The molecular weight excluding hydrogens is 428 g/mol. The number of carbonyl (C=O) groups excluding carboxylic acids is 1. The number of nitrogens with one attached hydrogen (secondary N) is 2. The number of likely N-dealkylation sites (tertiary alicyclic amines) is 1. The van der Waals surface area contributed by atoms with Crippen molar-refractivity contribution in [2.24, 2.45) is 0 Å². The summed E-state index contributed by atoms with van der Waals surface area (Å²) in [6.45, 7) is 2.34. The van der Waals surface area contributed by atoms with Gasteiger partial charge in [0, 0.05) is 38.2 Å². The zero-order chi connectivity index (χ0) is 23.2. The molecule has 33 heavy (non-hydrogen) atoms. The number of amides is 2. The highest BCUT2D eigenvalue weighted by Crippen LogP contribution is 2.29. The highest BCUT2D eigenvalue weighted by molar-refractivity contribution is 5.93. The van der Waals surface area contributed by atoms with E-state index in [2.05, 4.69) is 25.5 Å². The molecule has 9 heteroatoms. The summed E-state index contributed by atoms with van der Waals surface area (Å²) in [6, 6.07) is 12.6. The molecule has 2 atom stereocenters. The molecule has 2 N–H and O–H groups in total. The van der Waals surface area contributed by atoms with Gasteiger partial charge in [0.05, 0.1) is 30.2 Å². The van der Waals surface area contributed by atoms with Crippen LogP contribution < -0.4 is 10.6 Å². The average molecular weight is 453 g/mol. The number of hydrogen-bond donors (Lipinski definition) is 2. The topological polar surface area (TPSA) is 79.4 Å². The van der Waals surface area contributed by atoms with Crippen molar-refractivity contribution in [3.63, 3.8) is 0 Å². The molecular formula is C24H25F2N5O2. The molecule has 0 aliphatic carbocycles. The van der Waals surface area contributed by atoms with Crippen LogP contribution in [-0.4, -0.2) is 60.3 Å². The Labute approximate surface area is 190 Å². The van der Waals surface area contributed by atoms with E-state index in [-0.39, 0.29) is 12.0 Å². The quantitative estimate of drug-likeness (QED) is 0.571. The number of rotatable bonds is 7. The number of benzene rings is 2. The first-order chi connectivity index (χ1) is 16.0. The lowest BCUT2D eigenvalue weighted by Gasteiger charge is -2.21. The molecule has 1 aromatic heterocycles. The molecule has 0 unspecified atom stereocenters. The van der Waals surface area contributed by atoms with Gasteiger partial charge in [0.1, 0.15) is 6.33 Å². The van der Waals surface area contributed by atoms with E-state index in [0.29, 0.717) is 43.2 Å². The van der Waals surface area contributed by atoms with E-state index in [0.717, 1.165) is 11.6 Å². The lowest BCUT2D eigenvalue weighted by Crippen LogP contribution is -2.42. The van der Waals surface area contributed by atoms with E-state index in [9.17, 15) is 13.6 Å². The summed E-state index contributed by atoms with van der Waals surface area (Å²) in [7, 11) is 1.62. The van der Waals surface area contributed by atoms with Gasteiger partial charge in [-0.25, -0.2) is 23.5 Å². The summed E-state index contributed by atoms with van der Waals surface area (Å²) < 4.78 is 32.5. The third-order valence-corrected chi connectivity index (χ3v) is 5.70. The van der Waals surface area contributed by atoms with Crippen LogP contribution in [0.3, 0.4) is 0 Å². The Balaban J connectivity index is 1.51. The first kappa shape index (κ1) is 22.8. The highest BCUT2D eigenvalue weighted by atomic mass is 19.2. The second-order valence-electron chi connectivity index (χ2n) is 7.89. The van der Waals surface area contributed by atoms with Crippen LogP contribution in [0, 0.1) is 11.6 Å². The predicted octanol–water partition coefficient (Wildman–Crippen LogP) is 3.66. The predicted molar refractivity (Wildman–Crippen MR) is 121 cm³/mol. The van der Waals surface area contributed by atoms with Crippen molar-refractivity contribution < 1.29 is 18.3 Å². The van der Waals surface area contributed by atoms with Gasteiger partial charge in [0.25, 0.3) is 0 Å². The normalized spacial score (nSPS) is 18.3. The Morgan fingerprint density at radius 2 is 1.97 bits per heavy atom. The standard InChI is InChI=1S/C24H25F2N5O2/c1-33-10-9-31-13-18(17-7-8-19(25)20(26)11-17)22(14-31)30-24(32)29-21-12-27-15-28-23(21)16-5-3-2-4-6-16/h2-8,11-12,15,18,22H,9-10,13-14H2,1H3,(H2,29,30,32)/t18-,22+/m0/s1. The SMILES string of the molecule is COCCN1C[C@@H](NC(=O)Nc2cncnc2-c2ccccc2)[C@H](c2ccc(F)c(F)c2)C1. The molecule has 2 heterocycles. The molecule has 0 radical (unpaired) electrons. The second kappa shape index (κ2) is 10.5. The monoisotopic (exact) mass is 453 g/mol. The Morgan fingerprint density at radius 1 is 1.15 bits per heavy atom. The number of halogens is 2. The second-order valence-corrected chi connectivity index (χ2v) is 7.89. The van der Waals surface area contributed by atoms with Crippen molar-refractivity contribution in [2.75, 3.05) is 38.7 Å². The zero-order valence-electron chi connectivity index (χ0n) is 18.2. The van der Waals surface area contributed by atoms with Gasteiger partial charge in [-0.15, -0.1) is 0 Å². The van der Waals surface area contributed by atoms with Crippen LogP contribution in [0.25, 0.3) is 11.3 Å². The van der Waals surface area contributed by atoms with E-state index in [4.69, 9.17) is 4.74 Å². The van der Waals surface area contributed by atoms with Gasteiger partial charge in [0.15, 0.2) is 11.6 Å². The molecule has 1 aliphatic heterocycles. The summed E-state index contributed by atoms with van der Waals surface area (Å²) in [4.78, 5) is 23.4. The summed E-state index contributed by atoms with van der Waals surface area (Å²) in [5, 5.41) is 5.82. The van der Waals surface area contributed by atoms with E-state index in [1.807, 2.05) is 30.3 Å². The fourth-order valence-electron chi connectivity index (χ4n) is 4.09. The average Bonchev–Trinajstić information content (AvgIpc) is 3.22. The summed E-state index contributed by atoms with van der Waals surface area (Å²) in [5.74, 6) is -2.00. The van der Waals surface area contributed by atoms with Crippen LogP contribution in [-0.2, 0) is 4.74 Å². The minimum absolute atomic E-state index is 0.205. The minimum Gasteiger partial charge on any atom is -0.383 e. The Hall–Kier alpha value is -3.43. The lowest BCUT2D eigenvalue weighted by molar-refractivity contribution is 0.159. The number of methoxy groups -OCH3 is 1. The van der Waals surface area contributed by atoms with Crippen molar-refractivity contribution >= 4 is 11.7 Å². The number of aromatic nitrogens is 2. The third kappa shape index (κ3) is 5.50. The molecule has 172 valence electrons. The van der Waals surface area contributed by atoms with Crippen LogP contribution in [0.4, 0.5) is 19.3 Å². The maximum Gasteiger partial charge on any atom is 0.319 e.